The van der Waals surface area contributed by atoms with E-state index in [0.29, 0.717) is 23.9 Å². The topological polar surface area (TPSA) is 25.2 Å². The fraction of sp³-hybridized carbons (Fsp3) is 0.238. The smallest absolute Gasteiger partial charge is 0.137 e. The van der Waals surface area contributed by atoms with E-state index in [1.807, 2.05) is 24.3 Å². The van der Waals surface area contributed by atoms with Gasteiger partial charge in [0, 0.05) is 6.04 Å². The lowest BCUT2D eigenvalue weighted by atomic mass is 10.1. The van der Waals surface area contributed by atoms with Crippen molar-refractivity contribution in [3.63, 3.8) is 0 Å². The number of rotatable bonds is 7. The zero-order chi connectivity index (χ0) is 16.8. The van der Waals surface area contributed by atoms with E-state index < -0.39 is 0 Å². The van der Waals surface area contributed by atoms with Gasteiger partial charge in [0.25, 0.3) is 0 Å². The zero-order valence-electron chi connectivity index (χ0n) is 13.8. The Bertz CT molecular complexity index is 766. The van der Waals surface area contributed by atoms with Crippen LogP contribution < -0.4 is 5.32 Å². The van der Waals surface area contributed by atoms with Crippen molar-refractivity contribution in [1.29, 1.82) is 0 Å². The van der Waals surface area contributed by atoms with E-state index in [0.717, 1.165) is 18.6 Å². The summed E-state index contributed by atoms with van der Waals surface area (Å²) in [5.41, 5.74) is 1.85. The van der Waals surface area contributed by atoms with Gasteiger partial charge in [-0.05, 0) is 49.6 Å². The van der Waals surface area contributed by atoms with E-state index in [1.54, 1.807) is 12.1 Å². The predicted molar refractivity (Wildman–Crippen MR) is 95.2 cm³/mol. The van der Waals surface area contributed by atoms with Gasteiger partial charge in [-0.3, -0.25) is 0 Å². The van der Waals surface area contributed by atoms with Crippen LogP contribution in [0.15, 0.2) is 71.1 Å². The molecule has 2 nitrogen and oxygen atoms in total. The summed E-state index contributed by atoms with van der Waals surface area (Å²) >= 11 is 0. The molecule has 3 rings (SSSR count). The second-order valence-corrected chi connectivity index (χ2v) is 6.05. The Balaban J connectivity index is 1.51. The van der Waals surface area contributed by atoms with Crippen molar-refractivity contribution in [2.45, 2.75) is 32.4 Å². The molecule has 0 amide bonds. The summed E-state index contributed by atoms with van der Waals surface area (Å²) in [5.74, 6) is 1.13. The molecular formula is C21H22FNO. The number of benzene rings is 2. The summed E-state index contributed by atoms with van der Waals surface area (Å²) in [7, 11) is 0. The number of halogens is 1. The Morgan fingerprint density at radius 3 is 2.50 bits per heavy atom. The Kier molecular flexibility index (Phi) is 5.44. The molecule has 24 heavy (non-hydrogen) atoms. The van der Waals surface area contributed by atoms with E-state index in [9.17, 15) is 4.39 Å². The van der Waals surface area contributed by atoms with Gasteiger partial charge in [-0.15, -0.1) is 0 Å². The van der Waals surface area contributed by atoms with Crippen molar-refractivity contribution in [2.75, 3.05) is 0 Å². The number of hydrogen-bond acceptors (Lipinski definition) is 2. The van der Waals surface area contributed by atoms with E-state index >= 15 is 0 Å². The number of hydrogen-bond donors (Lipinski definition) is 1. The van der Waals surface area contributed by atoms with Gasteiger partial charge in [-0.1, -0.05) is 42.5 Å². The van der Waals surface area contributed by atoms with Gasteiger partial charge in [0.1, 0.15) is 17.3 Å². The number of aryl methyl sites for hydroxylation is 1. The highest BCUT2D eigenvalue weighted by atomic mass is 19.1. The van der Waals surface area contributed by atoms with Crippen LogP contribution in [0.2, 0.25) is 0 Å². The quantitative estimate of drug-likeness (QED) is 0.647. The highest BCUT2D eigenvalue weighted by Gasteiger charge is 2.10. The summed E-state index contributed by atoms with van der Waals surface area (Å²) in [6.07, 6.45) is 2.11. The molecule has 0 aliphatic carbocycles. The molecule has 0 unspecified atom stereocenters. The summed E-state index contributed by atoms with van der Waals surface area (Å²) < 4.78 is 19.5. The van der Waals surface area contributed by atoms with Gasteiger partial charge in [0.05, 0.1) is 12.1 Å². The summed E-state index contributed by atoms with van der Waals surface area (Å²) in [6, 6.07) is 21.3. The first-order valence-electron chi connectivity index (χ1n) is 8.33. The van der Waals surface area contributed by atoms with Crippen LogP contribution in [0.25, 0.3) is 11.3 Å². The average molecular weight is 323 g/mol. The molecule has 1 N–H and O–H groups in total. The van der Waals surface area contributed by atoms with Crippen LogP contribution in [0.3, 0.4) is 0 Å². The summed E-state index contributed by atoms with van der Waals surface area (Å²) in [5, 5.41) is 3.46. The van der Waals surface area contributed by atoms with Gasteiger partial charge < -0.3 is 9.73 Å². The van der Waals surface area contributed by atoms with Crippen molar-refractivity contribution in [3.05, 3.63) is 83.9 Å². The van der Waals surface area contributed by atoms with Gasteiger partial charge in [-0.2, -0.15) is 0 Å². The molecule has 0 spiro atoms. The third-order valence-electron chi connectivity index (χ3n) is 4.13. The average Bonchev–Trinajstić information content (AvgIpc) is 3.08. The van der Waals surface area contributed by atoms with E-state index in [-0.39, 0.29) is 5.82 Å². The van der Waals surface area contributed by atoms with Gasteiger partial charge >= 0.3 is 0 Å². The summed E-state index contributed by atoms with van der Waals surface area (Å²) in [6.45, 7) is 2.81. The Hall–Kier alpha value is -2.39. The third kappa shape index (κ3) is 4.33. The van der Waals surface area contributed by atoms with E-state index in [2.05, 4.69) is 36.5 Å². The molecule has 0 aliphatic heterocycles. The Labute approximate surface area is 142 Å². The highest BCUT2D eigenvalue weighted by molar-refractivity contribution is 5.58. The van der Waals surface area contributed by atoms with Crippen molar-refractivity contribution in [2.24, 2.45) is 0 Å². The maximum absolute atomic E-state index is 13.8. The van der Waals surface area contributed by atoms with Crippen LogP contribution in [-0.2, 0) is 13.0 Å². The fourth-order valence-electron chi connectivity index (χ4n) is 2.68. The second kappa shape index (κ2) is 7.93. The standard InChI is InChI=1S/C21H22FNO/c1-16(11-12-17-7-3-2-4-8-17)23-15-18-13-14-21(24-18)19-9-5-6-10-20(19)22/h2-10,13-14,16,23H,11-12,15H2,1H3/t16-/m1/s1. The van der Waals surface area contributed by atoms with Crippen LogP contribution in [-0.4, -0.2) is 6.04 Å². The molecule has 0 saturated carbocycles. The lowest BCUT2D eigenvalue weighted by Gasteiger charge is -2.12. The predicted octanol–water partition coefficient (Wildman–Crippen LogP) is 5.20. The molecule has 124 valence electrons. The van der Waals surface area contributed by atoms with E-state index in [4.69, 9.17) is 4.42 Å². The van der Waals surface area contributed by atoms with Crippen LogP contribution >= 0.6 is 0 Å². The summed E-state index contributed by atoms with van der Waals surface area (Å²) in [4.78, 5) is 0. The Morgan fingerprint density at radius 2 is 1.71 bits per heavy atom. The first-order valence-corrected chi connectivity index (χ1v) is 8.33. The van der Waals surface area contributed by atoms with Crippen LogP contribution in [0.5, 0.6) is 0 Å². The molecule has 3 heteroatoms. The fourth-order valence-corrected chi connectivity index (χ4v) is 2.68. The second-order valence-electron chi connectivity index (χ2n) is 6.05. The third-order valence-corrected chi connectivity index (χ3v) is 4.13. The number of furan rings is 1. The first-order chi connectivity index (χ1) is 11.7. The van der Waals surface area contributed by atoms with E-state index in [1.165, 1.54) is 11.6 Å². The molecule has 3 aromatic rings. The molecule has 1 aromatic heterocycles. The van der Waals surface area contributed by atoms with Crippen LogP contribution in [0.1, 0.15) is 24.7 Å². The molecule has 2 aromatic carbocycles. The molecule has 0 aliphatic rings. The minimum Gasteiger partial charge on any atom is -0.460 e. The maximum atomic E-state index is 13.8. The van der Waals surface area contributed by atoms with Crippen molar-refractivity contribution in [1.82, 2.24) is 5.32 Å². The minimum absolute atomic E-state index is 0.261. The highest BCUT2D eigenvalue weighted by Crippen LogP contribution is 2.24. The van der Waals surface area contributed by atoms with Gasteiger partial charge in [0.2, 0.25) is 0 Å². The van der Waals surface area contributed by atoms with Gasteiger partial charge in [0.15, 0.2) is 0 Å². The molecule has 0 fully saturated rings. The first kappa shape index (κ1) is 16.5. The molecule has 0 saturated heterocycles. The molecule has 0 radical (unpaired) electrons. The molecule has 1 atom stereocenters. The van der Waals surface area contributed by atoms with Crippen molar-refractivity contribution in [3.8, 4) is 11.3 Å². The maximum Gasteiger partial charge on any atom is 0.137 e. The normalized spacial score (nSPS) is 12.2. The minimum atomic E-state index is -0.261. The van der Waals surface area contributed by atoms with Crippen molar-refractivity contribution >= 4 is 0 Å². The Morgan fingerprint density at radius 1 is 0.958 bits per heavy atom. The molecule has 1 heterocycles. The monoisotopic (exact) mass is 323 g/mol. The molecular weight excluding hydrogens is 301 g/mol. The number of nitrogens with one attached hydrogen (secondary N) is 1. The zero-order valence-corrected chi connectivity index (χ0v) is 13.8. The van der Waals surface area contributed by atoms with Crippen molar-refractivity contribution < 1.29 is 8.81 Å². The SMILES string of the molecule is C[C@H](CCc1ccccc1)NCc1ccc(-c2ccccc2F)o1. The molecule has 0 bridgehead atoms. The lowest BCUT2D eigenvalue weighted by molar-refractivity contribution is 0.448. The van der Waals surface area contributed by atoms with Crippen LogP contribution in [0.4, 0.5) is 4.39 Å². The lowest BCUT2D eigenvalue weighted by Crippen LogP contribution is -2.25. The van der Waals surface area contributed by atoms with Crippen LogP contribution in [0, 0.1) is 5.82 Å². The van der Waals surface area contributed by atoms with Gasteiger partial charge in [-0.25, -0.2) is 4.39 Å². The largest absolute Gasteiger partial charge is 0.460 e.